The van der Waals surface area contributed by atoms with Gasteiger partial charge in [-0.15, -0.1) is 0 Å². The van der Waals surface area contributed by atoms with Gasteiger partial charge >= 0.3 is 0 Å². The zero-order valence-electron chi connectivity index (χ0n) is 18.9. The Morgan fingerprint density at radius 3 is 2.46 bits per heavy atom. The predicted octanol–water partition coefficient (Wildman–Crippen LogP) is 6.51. The summed E-state index contributed by atoms with van der Waals surface area (Å²) in [5.41, 5.74) is 2.79. The molecule has 0 bridgehead atoms. The van der Waals surface area contributed by atoms with Crippen LogP contribution in [-0.4, -0.2) is 22.5 Å². The number of hydrogen-bond donors (Lipinski definition) is 0. The van der Waals surface area contributed by atoms with Crippen LogP contribution in [-0.2, 0) is 11.4 Å². The number of imide groups is 1. The number of ether oxygens (including phenoxy) is 1. The number of carbonyl (C=O) groups excluding carboxylic acids is 2. The van der Waals surface area contributed by atoms with E-state index in [0.717, 1.165) is 26.9 Å². The van der Waals surface area contributed by atoms with Gasteiger partial charge in [-0.2, -0.15) is 10.1 Å². The molecule has 172 valence electrons. The number of hydrogen-bond acceptors (Lipinski definition) is 4. The van der Waals surface area contributed by atoms with Crippen molar-refractivity contribution in [2.24, 2.45) is 5.10 Å². The van der Waals surface area contributed by atoms with Gasteiger partial charge in [0, 0.05) is 21.7 Å². The second kappa shape index (κ2) is 9.57. The Morgan fingerprint density at radius 1 is 0.943 bits per heavy atom. The lowest BCUT2D eigenvalue weighted by Crippen LogP contribution is -2.29. The minimum Gasteiger partial charge on any atom is -0.488 e. The fourth-order valence-corrected chi connectivity index (χ4v) is 4.18. The Kier molecular flexibility index (Phi) is 6.17. The minimum absolute atomic E-state index is 0.272. The van der Waals surface area contributed by atoms with Crippen molar-refractivity contribution in [3.8, 4) is 5.75 Å². The van der Waals surface area contributed by atoms with Crippen molar-refractivity contribution >= 4 is 46.0 Å². The molecule has 5 nitrogen and oxygen atoms in total. The van der Waals surface area contributed by atoms with Gasteiger partial charge in [0.2, 0.25) is 0 Å². The van der Waals surface area contributed by atoms with Gasteiger partial charge in [-0.05, 0) is 48.0 Å². The second-order valence-corrected chi connectivity index (χ2v) is 8.52. The number of halogens is 1. The second-order valence-electron chi connectivity index (χ2n) is 8.11. The molecule has 5 rings (SSSR count). The average Bonchev–Trinajstić information content (AvgIpc) is 3.17. The molecule has 0 atom stereocenters. The van der Waals surface area contributed by atoms with E-state index in [1.807, 2.05) is 66.7 Å². The van der Waals surface area contributed by atoms with Gasteiger partial charge in [0.25, 0.3) is 11.8 Å². The summed E-state index contributed by atoms with van der Waals surface area (Å²) in [4.78, 5) is 26.2. The summed E-state index contributed by atoms with van der Waals surface area (Å²) in [5.74, 6) is -0.336. The smallest absolute Gasteiger partial charge is 0.283 e. The van der Waals surface area contributed by atoms with Crippen molar-refractivity contribution < 1.29 is 14.3 Å². The van der Waals surface area contributed by atoms with Crippen LogP contribution < -0.4 is 4.74 Å². The molecule has 0 saturated carbocycles. The molecule has 6 heteroatoms. The topological polar surface area (TPSA) is 59.0 Å². The summed E-state index contributed by atoms with van der Waals surface area (Å²) in [6.07, 6.45) is 1.75. The highest BCUT2D eigenvalue weighted by atomic mass is 35.5. The molecule has 0 spiro atoms. The van der Waals surface area contributed by atoms with E-state index in [4.69, 9.17) is 16.3 Å². The molecule has 0 radical (unpaired) electrons. The summed E-state index contributed by atoms with van der Waals surface area (Å²) in [7, 11) is 0. The maximum atomic E-state index is 13.3. The van der Waals surface area contributed by atoms with Crippen molar-refractivity contribution in [2.75, 3.05) is 0 Å². The monoisotopic (exact) mass is 480 g/mol. The molecule has 1 aliphatic rings. The Morgan fingerprint density at radius 2 is 1.66 bits per heavy atom. The molecule has 0 fully saturated rings. The highest BCUT2D eigenvalue weighted by molar-refractivity contribution is 6.31. The first kappa shape index (κ1) is 22.6. The third-order valence-corrected chi connectivity index (χ3v) is 6.20. The molecule has 0 saturated heterocycles. The molecule has 4 aromatic rings. The number of carbonyl (C=O) groups is 2. The number of hydrazone groups is 1. The van der Waals surface area contributed by atoms with Crippen LogP contribution in [0.4, 0.5) is 0 Å². The van der Waals surface area contributed by atoms with Gasteiger partial charge in [0.1, 0.15) is 12.4 Å². The van der Waals surface area contributed by atoms with Crippen molar-refractivity contribution in [3.05, 3.63) is 118 Å². The maximum Gasteiger partial charge on any atom is 0.283 e. The first-order chi connectivity index (χ1) is 17.0. The van der Waals surface area contributed by atoms with Crippen molar-refractivity contribution in [1.82, 2.24) is 5.01 Å². The van der Waals surface area contributed by atoms with E-state index < -0.39 is 11.8 Å². The lowest BCUT2D eigenvalue weighted by molar-refractivity contribution is -0.123. The highest BCUT2D eigenvalue weighted by Crippen LogP contribution is 2.33. The molecular weight excluding hydrogens is 460 g/mol. The van der Waals surface area contributed by atoms with E-state index in [1.165, 1.54) is 0 Å². The van der Waals surface area contributed by atoms with Gasteiger partial charge in [0.15, 0.2) is 0 Å². The molecule has 0 unspecified atom stereocenters. The number of fused-ring (bicyclic) bond motifs is 1. The number of benzene rings is 4. The normalized spacial score (nSPS) is 14.5. The van der Waals surface area contributed by atoms with Crippen LogP contribution in [0.1, 0.15) is 28.4 Å². The quantitative estimate of drug-likeness (QED) is 0.241. The highest BCUT2D eigenvalue weighted by Gasteiger charge is 2.33. The minimum atomic E-state index is -0.471. The third-order valence-electron chi connectivity index (χ3n) is 5.84. The molecule has 0 aliphatic carbocycles. The van der Waals surface area contributed by atoms with Crippen molar-refractivity contribution in [3.63, 3.8) is 0 Å². The lowest BCUT2D eigenvalue weighted by atomic mass is 9.99. The summed E-state index contributed by atoms with van der Waals surface area (Å²) in [6.45, 7) is 1.99. The van der Waals surface area contributed by atoms with Crippen LogP contribution in [0.3, 0.4) is 0 Å². The van der Waals surface area contributed by atoms with Crippen molar-refractivity contribution in [1.29, 1.82) is 0 Å². The van der Waals surface area contributed by atoms with E-state index in [-0.39, 0.29) is 6.61 Å². The Balaban J connectivity index is 1.53. The molecule has 1 aliphatic heterocycles. The standard InChI is InChI=1S/C29H21ClN2O3/c1-19-24(29(34)32(31-19)28(33)21-10-3-2-4-11-21)17-25-23-13-7-5-9-20(23)15-16-27(25)35-18-22-12-6-8-14-26(22)30/h2-17H,18H2,1H3/b24-17+. The Bertz CT molecular complexity index is 1510. The van der Waals surface area contributed by atoms with Crippen LogP contribution >= 0.6 is 11.6 Å². The first-order valence-corrected chi connectivity index (χ1v) is 11.5. The van der Waals surface area contributed by atoms with E-state index in [2.05, 4.69) is 5.10 Å². The fourth-order valence-electron chi connectivity index (χ4n) is 3.99. The fraction of sp³-hybridized carbons (Fsp3) is 0.0690. The summed E-state index contributed by atoms with van der Waals surface area (Å²) < 4.78 is 6.18. The van der Waals surface area contributed by atoms with Crippen LogP contribution in [0.15, 0.2) is 102 Å². The molecular formula is C29H21ClN2O3. The van der Waals surface area contributed by atoms with Crippen LogP contribution in [0, 0.1) is 0 Å². The third kappa shape index (κ3) is 4.46. The summed E-state index contributed by atoms with van der Waals surface area (Å²) in [5, 5.41) is 7.73. The molecule has 0 N–H and O–H groups in total. The number of nitrogens with zero attached hydrogens (tertiary/aromatic N) is 2. The first-order valence-electron chi connectivity index (χ1n) is 11.1. The van der Waals surface area contributed by atoms with E-state index in [0.29, 0.717) is 27.6 Å². The Hall–Kier alpha value is -4.22. The van der Waals surface area contributed by atoms with Gasteiger partial charge in [0.05, 0.1) is 11.3 Å². The van der Waals surface area contributed by atoms with Crippen LogP contribution in [0.2, 0.25) is 5.02 Å². The average molecular weight is 481 g/mol. The summed E-state index contributed by atoms with van der Waals surface area (Å²) in [6, 6.07) is 27.9. The van der Waals surface area contributed by atoms with E-state index >= 15 is 0 Å². The predicted molar refractivity (Wildman–Crippen MR) is 138 cm³/mol. The number of rotatable bonds is 5. The lowest BCUT2D eigenvalue weighted by Gasteiger charge is -2.14. The Labute approximate surface area is 207 Å². The van der Waals surface area contributed by atoms with Gasteiger partial charge in [-0.3, -0.25) is 9.59 Å². The molecule has 2 amide bonds. The van der Waals surface area contributed by atoms with Crippen molar-refractivity contribution in [2.45, 2.75) is 13.5 Å². The van der Waals surface area contributed by atoms with Gasteiger partial charge < -0.3 is 4.74 Å². The van der Waals surface area contributed by atoms with E-state index in [9.17, 15) is 9.59 Å². The zero-order valence-corrected chi connectivity index (χ0v) is 19.7. The largest absolute Gasteiger partial charge is 0.488 e. The molecule has 4 aromatic carbocycles. The molecule has 0 aromatic heterocycles. The summed E-state index contributed by atoms with van der Waals surface area (Å²) >= 11 is 6.31. The van der Waals surface area contributed by atoms with Crippen LogP contribution in [0.5, 0.6) is 5.75 Å². The number of amides is 2. The SMILES string of the molecule is CC1=NN(C(=O)c2ccccc2)C(=O)/C1=C/c1c(OCc2ccccc2Cl)ccc2ccccc12. The zero-order chi connectivity index (χ0) is 24.4. The van der Waals surface area contributed by atoms with Crippen LogP contribution in [0.25, 0.3) is 16.8 Å². The van der Waals surface area contributed by atoms with Gasteiger partial charge in [-0.1, -0.05) is 78.3 Å². The molecule has 35 heavy (non-hydrogen) atoms. The van der Waals surface area contributed by atoms with Gasteiger partial charge in [-0.25, -0.2) is 0 Å². The van der Waals surface area contributed by atoms with E-state index in [1.54, 1.807) is 37.3 Å². The maximum absolute atomic E-state index is 13.3. The molecule has 1 heterocycles.